The van der Waals surface area contributed by atoms with Crippen molar-refractivity contribution in [1.82, 2.24) is 9.88 Å². The third-order valence-corrected chi connectivity index (χ3v) is 4.36. The van der Waals surface area contributed by atoms with Crippen LogP contribution in [-0.4, -0.2) is 40.0 Å². The zero-order valence-electron chi connectivity index (χ0n) is 13.1. The van der Waals surface area contributed by atoms with Crippen LogP contribution in [-0.2, 0) is 4.79 Å². The first-order chi connectivity index (χ1) is 10.9. The molecule has 6 nitrogen and oxygen atoms in total. The fourth-order valence-corrected chi connectivity index (χ4v) is 2.77. The van der Waals surface area contributed by atoms with E-state index >= 15 is 0 Å². The highest BCUT2D eigenvalue weighted by atomic mass is 16.4. The van der Waals surface area contributed by atoms with Gasteiger partial charge in [0.1, 0.15) is 0 Å². The van der Waals surface area contributed by atoms with Crippen LogP contribution in [0.5, 0.6) is 0 Å². The van der Waals surface area contributed by atoms with Gasteiger partial charge in [-0.2, -0.15) is 0 Å². The van der Waals surface area contributed by atoms with Crippen LogP contribution < -0.4 is 0 Å². The van der Waals surface area contributed by atoms with Crippen molar-refractivity contribution in [3.05, 3.63) is 41.9 Å². The van der Waals surface area contributed by atoms with Gasteiger partial charge in [-0.15, -0.1) is 0 Å². The molecule has 0 saturated carbocycles. The molecule has 1 aromatic heterocycles. The monoisotopic (exact) mass is 314 g/mol. The first kappa shape index (κ1) is 15.3. The zero-order valence-corrected chi connectivity index (χ0v) is 13.1. The SMILES string of the molecule is Cc1ccc(-c2ocnc2C(=O)N2CC[C@@](C)(C(=O)O)C2)cc1. The molecule has 2 aromatic rings. The van der Waals surface area contributed by atoms with E-state index < -0.39 is 11.4 Å². The second-order valence-corrected chi connectivity index (χ2v) is 6.24. The molecule has 0 unspecified atom stereocenters. The molecule has 1 N–H and O–H groups in total. The normalized spacial score (nSPS) is 20.7. The van der Waals surface area contributed by atoms with Crippen LogP contribution in [0.4, 0.5) is 0 Å². The maximum absolute atomic E-state index is 12.7. The van der Waals surface area contributed by atoms with E-state index in [4.69, 9.17) is 4.42 Å². The van der Waals surface area contributed by atoms with E-state index in [1.54, 1.807) is 6.92 Å². The predicted molar refractivity (Wildman–Crippen MR) is 82.9 cm³/mol. The van der Waals surface area contributed by atoms with Crippen molar-refractivity contribution in [2.75, 3.05) is 13.1 Å². The minimum atomic E-state index is -0.899. The molecule has 0 aliphatic carbocycles. The van der Waals surface area contributed by atoms with Crippen LogP contribution in [0.3, 0.4) is 0 Å². The number of carbonyl (C=O) groups is 2. The Morgan fingerprint density at radius 3 is 2.61 bits per heavy atom. The smallest absolute Gasteiger partial charge is 0.311 e. The summed E-state index contributed by atoms with van der Waals surface area (Å²) in [6.07, 6.45) is 1.68. The van der Waals surface area contributed by atoms with Crippen LogP contribution in [0, 0.1) is 12.3 Å². The van der Waals surface area contributed by atoms with Gasteiger partial charge in [0.2, 0.25) is 0 Å². The third kappa shape index (κ3) is 2.72. The Morgan fingerprint density at radius 1 is 1.30 bits per heavy atom. The van der Waals surface area contributed by atoms with Gasteiger partial charge in [-0.05, 0) is 20.3 Å². The molecule has 1 aromatic carbocycles. The maximum Gasteiger partial charge on any atom is 0.311 e. The lowest BCUT2D eigenvalue weighted by molar-refractivity contribution is -0.147. The van der Waals surface area contributed by atoms with Crippen molar-refractivity contribution < 1.29 is 19.1 Å². The number of carboxylic acids is 1. The predicted octanol–water partition coefficient (Wildman–Crippen LogP) is 2.59. The van der Waals surface area contributed by atoms with Gasteiger partial charge in [0.05, 0.1) is 5.41 Å². The Balaban J connectivity index is 1.86. The van der Waals surface area contributed by atoms with Crippen molar-refractivity contribution in [3.63, 3.8) is 0 Å². The van der Waals surface area contributed by atoms with E-state index in [2.05, 4.69) is 4.98 Å². The van der Waals surface area contributed by atoms with E-state index in [-0.39, 0.29) is 18.1 Å². The number of aliphatic carboxylic acids is 1. The maximum atomic E-state index is 12.7. The highest BCUT2D eigenvalue weighted by molar-refractivity contribution is 5.98. The molecule has 1 saturated heterocycles. The summed E-state index contributed by atoms with van der Waals surface area (Å²) in [6, 6.07) is 7.61. The highest BCUT2D eigenvalue weighted by Gasteiger charge is 2.43. The number of hydrogen-bond acceptors (Lipinski definition) is 4. The van der Waals surface area contributed by atoms with Crippen LogP contribution >= 0.6 is 0 Å². The zero-order chi connectivity index (χ0) is 16.6. The standard InChI is InChI=1S/C17H18N2O4/c1-11-3-5-12(6-4-11)14-13(18-10-23-14)15(20)19-8-7-17(2,9-19)16(21)22/h3-6,10H,7-9H2,1-2H3,(H,21,22)/t17-/m1/s1. The molecule has 0 bridgehead atoms. The molecule has 1 aliphatic rings. The third-order valence-electron chi connectivity index (χ3n) is 4.36. The number of benzene rings is 1. The van der Waals surface area contributed by atoms with Gasteiger partial charge in [-0.1, -0.05) is 29.8 Å². The average molecular weight is 314 g/mol. The Bertz CT molecular complexity index is 750. The quantitative estimate of drug-likeness (QED) is 0.941. The highest BCUT2D eigenvalue weighted by Crippen LogP contribution is 2.32. The molecule has 3 rings (SSSR count). The summed E-state index contributed by atoms with van der Waals surface area (Å²) in [7, 11) is 0. The summed E-state index contributed by atoms with van der Waals surface area (Å²) < 4.78 is 5.40. The molecule has 0 radical (unpaired) electrons. The Labute approximate surface area is 133 Å². The largest absolute Gasteiger partial charge is 0.481 e. The van der Waals surface area contributed by atoms with E-state index in [9.17, 15) is 14.7 Å². The second kappa shape index (κ2) is 5.53. The topological polar surface area (TPSA) is 83.6 Å². The number of nitrogens with zero attached hydrogens (tertiary/aromatic N) is 2. The van der Waals surface area contributed by atoms with Gasteiger partial charge in [0.15, 0.2) is 17.8 Å². The van der Waals surface area contributed by atoms with Gasteiger partial charge in [0, 0.05) is 18.7 Å². The number of likely N-dealkylation sites (tertiary alicyclic amines) is 1. The lowest BCUT2D eigenvalue weighted by Gasteiger charge is -2.19. The minimum absolute atomic E-state index is 0.182. The number of oxazole rings is 1. The van der Waals surface area contributed by atoms with E-state index in [1.807, 2.05) is 31.2 Å². The first-order valence-corrected chi connectivity index (χ1v) is 7.44. The van der Waals surface area contributed by atoms with Crippen molar-refractivity contribution in [2.45, 2.75) is 20.3 Å². The molecule has 120 valence electrons. The molecule has 1 atom stereocenters. The van der Waals surface area contributed by atoms with E-state index in [0.29, 0.717) is 18.7 Å². The van der Waals surface area contributed by atoms with E-state index in [1.165, 1.54) is 11.3 Å². The van der Waals surface area contributed by atoms with Gasteiger partial charge >= 0.3 is 5.97 Å². The molecular weight excluding hydrogens is 296 g/mol. The molecule has 2 heterocycles. The number of carbonyl (C=O) groups excluding carboxylic acids is 1. The van der Waals surface area contributed by atoms with Crippen LogP contribution in [0.2, 0.25) is 0 Å². The lowest BCUT2D eigenvalue weighted by Crippen LogP contribution is -2.35. The number of aromatic nitrogens is 1. The van der Waals surface area contributed by atoms with Crippen molar-refractivity contribution in [1.29, 1.82) is 0 Å². The fourth-order valence-electron chi connectivity index (χ4n) is 2.77. The van der Waals surface area contributed by atoms with Crippen LogP contribution in [0.1, 0.15) is 29.4 Å². The van der Waals surface area contributed by atoms with Crippen molar-refractivity contribution >= 4 is 11.9 Å². The first-order valence-electron chi connectivity index (χ1n) is 7.44. The molecule has 23 heavy (non-hydrogen) atoms. The Hall–Kier alpha value is -2.63. The Kier molecular flexibility index (Phi) is 3.67. The number of hydrogen-bond donors (Lipinski definition) is 1. The summed E-state index contributed by atoms with van der Waals surface area (Å²) in [4.78, 5) is 29.6. The molecule has 1 fully saturated rings. The fraction of sp³-hybridized carbons (Fsp3) is 0.353. The van der Waals surface area contributed by atoms with Gasteiger partial charge in [-0.25, -0.2) is 4.98 Å². The average Bonchev–Trinajstić information content (AvgIpc) is 3.15. The van der Waals surface area contributed by atoms with Crippen molar-refractivity contribution in [3.8, 4) is 11.3 Å². The lowest BCUT2D eigenvalue weighted by atomic mass is 9.90. The molecule has 1 amide bonds. The summed E-state index contributed by atoms with van der Waals surface area (Å²) in [5.74, 6) is -0.759. The number of aryl methyl sites for hydroxylation is 1. The Morgan fingerprint density at radius 2 is 2.00 bits per heavy atom. The summed E-state index contributed by atoms with van der Waals surface area (Å²) in [5, 5.41) is 9.29. The van der Waals surface area contributed by atoms with Gasteiger partial charge < -0.3 is 14.4 Å². The molecule has 1 aliphatic heterocycles. The summed E-state index contributed by atoms with van der Waals surface area (Å²) in [5.41, 5.74) is 1.21. The van der Waals surface area contributed by atoms with E-state index in [0.717, 1.165) is 11.1 Å². The molecule has 0 spiro atoms. The molecule has 6 heteroatoms. The number of rotatable bonds is 3. The number of carboxylic acid groups (broad SMARTS) is 1. The van der Waals surface area contributed by atoms with Gasteiger partial charge in [-0.3, -0.25) is 9.59 Å². The second-order valence-electron chi connectivity index (χ2n) is 6.24. The molecular formula is C17H18N2O4. The summed E-state index contributed by atoms with van der Waals surface area (Å²) in [6.45, 7) is 4.22. The van der Waals surface area contributed by atoms with Crippen molar-refractivity contribution in [2.24, 2.45) is 5.41 Å². The van der Waals surface area contributed by atoms with Crippen LogP contribution in [0.15, 0.2) is 35.1 Å². The van der Waals surface area contributed by atoms with Gasteiger partial charge in [0.25, 0.3) is 5.91 Å². The summed E-state index contributed by atoms with van der Waals surface area (Å²) >= 11 is 0. The van der Waals surface area contributed by atoms with Crippen LogP contribution in [0.25, 0.3) is 11.3 Å². The minimum Gasteiger partial charge on any atom is -0.481 e. The number of amides is 1.